The van der Waals surface area contributed by atoms with Crippen molar-refractivity contribution in [2.45, 2.75) is 16.7 Å². The summed E-state index contributed by atoms with van der Waals surface area (Å²) in [6.07, 6.45) is 0. The normalized spacial score (nSPS) is 10.5. The average Bonchev–Trinajstić information content (AvgIpc) is 2.33. The zero-order valence-electron chi connectivity index (χ0n) is 9.91. The van der Waals surface area contributed by atoms with Gasteiger partial charge in [-0.15, -0.1) is 0 Å². The summed E-state index contributed by atoms with van der Waals surface area (Å²) in [6.45, 7) is 1.34. The molecular weight excluding hydrogens is 306 g/mol. The van der Waals surface area contributed by atoms with Gasteiger partial charge in [0, 0.05) is 9.79 Å². The summed E-state index contributed by atoms with van der Waals surface area (Å²) in [5.74, 6) is -0.821. The fraction of sp³-hybridized carbons (Fsp3) is 0.0714. The lowest BCUT2D eigenvalue weighted by Crippen LogP contribution is -1.99. The van der Waals surface area contributed by atoms with Crippen LogP contribution in [0.5, 0.6) is 0 Å². The smallest absolute Gasteiger partial charge is 0.163 e. The van der Waals surface area contributed by atoms with Gasteiger partial charge in [0.2, 0.25) is 0 Å². The number of hydrogen-bond donors (Lipinski definition) is 0. The third kappa shape index (κ3) is 3.30. The maximum Gasteiger partial charge on any atom is 0.163 e. The maximum atomic E-state index is 13.7. The van der Waals surface area contributed by atoms with E-state index in [0.717, 1.165) is 4.90 Å². The Morgan fingerprint density at radius 3 is 2.53 bits per heavy atom. The van der Waals surface area contributed by atoms with Crippen molar-refractivity contribution in [2.24, 2.45) is 0 Å². The molecular formula is C14H9Cl2FOS. The van der Waals surface area contributed by atoms with Crippen LogP contribution >= 0.6 is 35.0 Å². The van der Waals surface area contributed by atoms with Crippen LogP contribution in [-0.4, -0.2) is 5.78 Å². The maximum absolute atomic E-state index is 13.7. The van der Waals surface area contributed by atoms with Crippen LogP contribution in [0.15, 0.2) is 46.2 Å². The predicted octanol–water partition coefficient (Wildman–Crippen LogP) is 5.49. The Labute approximate surface area is 124 Å². The molecule has 0 aliphatic heterocycles. The van der Waals surface area contributed by atoms with Gasteiger partial charge < -0.3 is 0 Å². The summed E-state index contributed by atoms with van der Waals surface area (Å²) in [5.41, 5.74) is 0.0959. The van der Waals surface area contributed by atoms with Crippen molar-refractivity contribution in [1.29, 1.82) is 0 Å². The van der Waals surface area contributed by atoms with Crippen LogP contribution in [0, 0.1) is 5.82 Å². The van der Waals surface area contributed by atoms with Crippen molar-refractivity contribution >= 4 is 40.7 Å². The number of benzene rings is 2. The molecule has 0 N–H and O–H groups in total. The highest BCUT2D eigenvalue weighted by atomic mass is 35.5. The number of halogens is 3. The fourth-order valence-electron chi connectivity index (χ4n) is 1.60. The molecule has 0 spiro atoms. The first-order chi connectivity index (χ1) is 8.99. The monoisotopic (exact) mass is 314 g/mol. The van der Waals surface area contributed by atoms with E-state index in [2.05, 4.69) is 0 Å². The highest BCUT2D eigenvalue weighted by Crippen LogP contribution is 2.35. The molecule has 0 atom stereocenters. The van der Waals surface area contributed by atoms with Gasteiger partial charge in [-0.05, 0) is 37.3 Å². The Hall–Kier alpha value is -1.03. The van der Waals surface area contributed by atoms with Crippen molar-refractivity contribution < 1.29 is 9.18 Å². The highest BCUT2D eigenvalue weighted by molar-refractivity contribution is 7.99. The summed E-state index contributed by atoms with van der Waals surface area (Å²) >= 11 is 13.0. The summed E-state index contributed by atoms with van der Waals surface area (Å²) < 4.78 is 13.7. The average molecular weight is 315 g/mol. The summed E-state index contributed by atoms with van der Waals surface area (Å²) in [4.78, 5) is 12.9. The first kappa shape index (κ1) is 14.4. The number of hydrogen-bond acceptors (Lipinski definition) is 2. The second-order valence-electron chi connectivity index (χ2n) is 3.85. The molecule has 5 heteroatoms. The first-order valence-corrected chi connectivity index (χ1v) is 6.98. The second-order valence-corrected chi connectivity index (χ2v) is 5.78. The molecule has 1 nitrogen and oxygen atoms in total. The molecule has 0 saturated carbocycles. The van der Waals surface area contributed by atoms with Crippen molar-refractivity contribution in [3.8, 4) is 0 Å². The first-order valence-electron chi connectivity index (χ1n) is 5.41. The minimum absolute atomic E-state index is 0.0959. The van der Waals surface area contributed by atoms with E-state index in [1.807, 2.05) is 0 Å². The number of rotatable bonds is 3. The van der Waals surface area contributed by atoms with Crippen LogP contribution in [0.2, 0.25) is 10.0 Å². The second kappa shape index (κ2) is 5.95. The molecule has 0 aliphatic rings. The topological polar surface area (TPSA) is 17.1 Å². The van der Waals surface area contributed by atoms with E-state index >= 15 is 0 Å². The van der Waals surface area contributed by atoms with Gasteiger partial charge in [0.15, 0.2) is 5.78 Å². The van der Waals surface area contributed by atoms with Gasteiger partial charge in [0.05, 0.1) is 15.6 Å². The molecule has 2 rings (SSSR count). The van der Waals surface area contributed by atoms with Gasteiger partial charge in [-0.25, -0.2) is 4.39 Å². The molecule has 0 unspecified atom stereocenters. The fourth-order valence-corrected chi connectivity index (χ4v) is 3.02. The van der Waals surface area contributed by atoms with Crippen LogP contribution in [0.25, 0.3) is 0 Å². The van der Waals surface area contributed by atoms with Gasteiger partial charge in [-0.3, -0.25) is 4.79 Å². The highest BCUT2D eigenvalue weighted by Gasteiger charge is 2.14. The largest absolute Gasteiger partial charge is 0.294 e. The quantitative estimate of drug-likeness (QED) is 0.697. The minimum atomic E-state index is -0.516. The number of Topliss-reactive ketones (excluding diaryl/α,β-unsaturated/α-hetero) is 1. The molecule has 19 heavy (non-hydrogen) atoms. The van der Waals surface area contributed by atoms with E-state index in [1.54, 1.807) is 30.3 Å². The number of ketones is 1. The summed E-state index contributed by atoms with van der Waals surface area (Å²) in [7, 11) is 0. The SMILES string of the molecule is CC(=O)c1c(F)cccc1Sc1ccc(Cl)c(Cl)c1. The lowest BCUT2D eigenvalue weighted by molar-refractivity contribution is 0.101. The van der Waals surface area contributed by atoms with E-state index in [9.17, 15) is 9.18 Å². The molecule has 0 radical (unpaired) electrons. The molecule has 0 amide bonds. The zero-order chi connectivity index (χ0) is 14.0. The van der Waals surface area contributed by atoms with Crippen molar-refractivity contribution in [2.75, 3.05) is 0 Å². The molecule has 2 aromatic carbocycles. The Balaban J connectivity index is 2.40. The van der Waals surface area contributed by atoms with E-state index in [0.29, 0.717) is 14.9 Å². The van der Waals surface area contributed by atoms with Gasteiger partial charge in [-0.1, -0.05) is 41.0 Å². The number of carbonyl (C=O) groups excluding carboxylic acids is 1. The van der Waals surface area contributed by atoms with Gasteiger partial charge >= 0.3 is 0 Å². The molecule has 0 aromatic heterocycles. The Morgan fingerprint density at radius 2 is 1.89 bits per heavy atom. The van der Waals surface area contributed by atoms with E-state index in [1.165, 1.54) is 24.8 Å². The molecule has 2 aromatic rings. The molecule has 0 aliphatic carbocycles. The van der Waals surface area contributed by atoms with Crippen molar-refractivity contribution in [1.82, 2.24) is 0 Å². The van der Waals surface area contributed by atoms with Gasteiger partial charge in [-0.2, -0.15) is 0 Å². The molecule has 98 valence electrons. The van der Waals surface area contributed by atoms with E-state index in [-0.39, 0.29) is 11.3 Å². The van der Waals surface area contributed by atoms with E-state index in [4.69, 9.17) is 23.2 Å². The third-order valence-electron chi connectivity index (χ3n) is 2.45. The van der Waals surface area contributed by atoms with E-state index < -0.39 is 5.82 Å². The third-order valence-corrected chi connectivity index (χ3v) is 4.24. The zero-order valence-corrected chi connectivity index (χ0v) is 12.2. The summed E-state index contributed by atoms with van der Waals surface area (Å²) in [6, 6.07) is 9.67. The molecule has 0 saturated heterocycles. The van der Waals surface area contributed by atoms with Crippen molar-refractivity contribution in [3.05, 3.63) is 57.8 Å². The Morgan fingerprint density at radius 1 is 1.16 bits per heavy atom. The van der Waals surface area contributed by atoms with Crippen LogP contribution < -0.4 is 0 Å². The molecule has 0 bridgehead atoms. The molecule has 0 fully saturated rings. The van der Waals surface area contributed by atoms with Crippen LogP contribution in [-0.2, 0) is 0 Å². The van der Waals surface area contributed by atoms with Crippen LogP contribution in [0.4, 0.5) is 4.39 Å². The van der Waals surface area contributed by atoms with Crippen LogP contribution in [0.1, 0.15) is 17.3 Å². The van der Waals surface area contributed by atoms with Crippen LogP contribution in [0.3, 0.4) is 0 Å². The standard InChI is InChI=1S/C14H9Cl2FOS/c1-8(18)14-12(17)3-2-4-13(14)19-9-5-6-10(15)11(16)7-9/h2-7H,1H3. The Kier molecular flexibility index (Phi) is 4.50. The minimum Gasteiger partial charge on any atom is -0.294 e. The summed E-state index contributed by atoms with van der Waals surface area (Å²) in [5, 5.41) is 0.879. The lowest BCUT2D eigenvalue weighted by Gasteiger charge is -2.08. The van der Waals surface area contributed by atoms with Crippen molar-refractivity contribution in [3.63, 3.8) is 0 Å². The van der Waals surface area contributed by atoms with Gasteiger partial charge in [0.1, 0.15) is 5.82 Å². The van der Waals surface area contributed by atoms with Gasteiger partial charge in [0.25, 0.3) is 0 Å². The Bertz CT molecular complexity index is 643. The molecule has 0 heterocycles. The number of carbonyl (C=O) groups is 1. The predicted molar refractivity (Wildman–Crippen MR) is 77.0 cm³/mol. The lowest BCUT2D eigenvalue weighted by atomic mass is 10.1.